The Hall–Kier alpha value is 0.0969. The van der Waals surface area contributed by atoms with E-state index in [0.717, 1.165) is 0 Å². The predicted molar refractivity (Wildman–Crippen MR) is 128 cm³/mol. The number of hydrogen-bond acceptors (Lipinski definition) is 3. The van der Waals surface area contributed by atoms with Crippen molar-refractivity contribution in [1.29, 1.82) is 0 Å². The van der Waals surface area contributed by atoms with Gasteiger partial charge in [0.25, 0.3) is 0 Å². The van der Waals surface area contributed by atoms with Crippen molar-refractivity contribution < 1.29 is 0 Å². The molecule has 0 aliphatic heterocycles. The molecule has 0 aliphatic carbocycles. The SMILES string of the molecule is CN(C)C(CCCCCCCCCCCCCCCC[SiH3])(N(C)C)N(C)C. The zero-order valence-corrected chi connectivity index (χ0v) is 22.2. The average Bonchev–Trinajstić information content (AvgIpc) is 2.60. The fraction of sp³-hybridized carbons (Fsp3) is 1.00. The van der Waals surface area contributed by atoms with Crippen LogP contribution in [0.4, 0.5) is 0 Å². The molecular formula is C23H53N3Si. The van der Waals surface area contributed by atoms with Gasteiger partial charge in [0.05, 0.1) is 0 Å². The third-order valence-corrected chi connectivity index (χ3v) is 6.97. The summed E-state index contributed by atoms with van der Waals surface area (Å²) >= 11 is 0. The molecule has 3 nitrogen and oxygen atoms in total. The van der Waals surface area contributed by atoms with Gasteiger partial charge in [-0.1, -0.05) is 89.5 Å². The van der Waals surface area contributed by atoms with Crippen molar-refractivity contribution in [2.45, 2.75) is 108 Å². The van der Waals surface area contributed by atoms with Gasteiger partial charge in [0, 0.05) is 10.2 Å². The second-order valence-corrected chi connectivity index (χ2v) is 10.2. The van der Waals surface area contributed by atoms with E-state index in [2.05, 4.69) is 57.0 Å². The molecule has 0 unspecified atom stereocenters. The Morgan fingerprint density at radius 3 is 0.963 bits per heavy atom. The fourth-order valence-corrected chi connectivity index (χ4v) is 5.10. The lowest BCUT2D eigenvalue weighted by Crippen LogP contribution is -2.63. The van der Waals surface area contributed by atoms with E-state index in [9.17, 15) is 0 Å². The van der Waals surface area contributed by atoms with E-state index in [0.29, 0.717) is 0 Å². The topological polar surface area (TPSA) is 9.72 Å². The summed E-state index contributed by atoms with van der Waals surface area (Å²) in [7, 11) is 14.6. The molecule has 0 saturated heterocycles. The molecule has 0 radical (unpaired) electrons. The van der Waals surface area contributed by atoms with Gasteiger partial charge in [0.15, 0.2) is 0 Å². The molecule has 0 amide bonds. The van der Waals surface area contributed by atoms with Crippen molar-refractivity contribution in [2.75, 3.05) is 42.3 Å². The van der Waals surface area contributed by atoms with Crippen LogP contribution < -0.4 is 0 Å². The van der Waals surface area contributed by atoms with E-state index in [1.54, 1.807) is 0 Å². The Balaban J connectivity index is 3.59. The van der Waals surface area contributed by atoms with Gasteiger partial charge in [-0.05, 0) is 55.1 Å². The lowest BCUT2D eigenvalue weighted by molar-refractivity contribution is -0.115. The Labute approximate surface area is 175 Å². The summed E-state index contributed by atoms with van der Waals surface area (Å²) in [5.74, 6) is 0.0399. The van der Waals surface area contributed by atoms with Gasteiger partial charge in [-0.2, -0.15) is 0 Å². The van der Waals surface area contributed by atoms with E-state index >= 15 is 0 Å². The van der Waals surface area contributed by atoms with Crippen LogP contribution in [-0.2, 0) is 0 Å². The zero-order valence-electron chi connectivity index (χ0n) is 20.2. The first-order valence-electron chi connectivity index (χ1n) is 11.9. The molecule has 0 fully saturated rings. The Kier molecular flexibility index (Phi) is 17.1. The van der Waals surface area contributed by atoms with E-state index in [4.69, 9.17) is 0 Å². The van der Waals surface area contributed by atoms with Crippen LogP contribution >= 0.6 is 0 Å². The Morgan fingerprint density at radius 1 is 0.444 bits per heavy atom. The van der Waals surface area contributed by atoms with Gasteiger partial charge >= 0.3 is 0 Å². The predicted octanol–water partition coefficient (Wildman–Crippen LogP) is 4.96. The molecule has 0 bridgehead atoms. The van der Waals surface area contributed by atoms with E-state index in [1.807, 2.05) is 0 Å². The van der Waals surface area contributed by atoms with Crippen LogP contribution in [0, 0.1) is 0 Å². The van der Waals surface area contributed by atoms with Crippen molar-refractivity contribution in [3.05, 3.63) is 0 Å². The summed E-state index contributed by atoms with van der Waals surface area (Å²) in [4.78, 5) is 7.08. The molecule has 0 heterocycles. The Bertz CT molecular complexity index is 297. The highest BCUT2D eigenvalue weighted by Crippen LogP contribution is 2.25. The van der Waals surface area contributed by atoms with Crippen molar-refractivity contribution in [2.24, 2.45) is 0 Å². The molecule has 27 heavy (non-hydrogen) atoms. The molecule has 0 saturated carbocycles. The van der Waals surface area contributed by atoms with Crippen LogP contribution in [-0.4, -0.2) is 73.0 Å². The minimum absolute atomic E-state index is 0.0399. The molecule has 0 atom stereocenters. The van der Waals surface area contributed by atoms with Crippen LogP contribution in [0.3, 0.4) is 0 Å². The minimum atomic E-state index is 0.0399. The summed E-state index contributed by atoms with van der Waals surface area (Å²) in [6, 6.07) is 1.50. The average molecular weight is 400 g/mol. The Morgan fingerprint density at radius 2 is 0.704 bits per heavy atom. The molecule has 4 heteroatoms. The summed E-state index contributed by atoms with van der Waals surface area (Å²) in [6.07, 6.45) is 21.5. The third kappa shape index (κ3) is 11.6. The van der Waals surface area contributed by atoms with Gasteiger partial charge in [-0.3, -0.25) is 14.7 Å². The van der Waals surface area contributed by atoms with Gasteiger partial charge in [-0.25, -0.2) is 0 Å². The van der Waals surface area contributed by atoms with Crippen molar-refractivity contribution >= 4 is 10.2 Å². The summed E-state index contributed by atoms with van der Waals surface area (Å²) < 4.78 is 0. The molecule has 164 valence electrons. The van der Waals surface area contributed by atoms with Crippen molar-refractivity contribution in [3.8, 4) is 0 Å². The monoisotopic (exact) mass is 399 g/mol. The normalized spacial score (nSPS) is 12.8. The molecule has 0 N–H and O–H groups in total. The second-order valence-electron chi connectivity index (χ2n) is 9.16. The van der Waals surface area contributed by atoms with Crippen LogP contribution in [0.5, 0.6) is 0 Å². The molecule has 0 aromatic carbocycles. The molecule has 0 aromatic rings. The minimum Gasteiger partial charge on any atom is -0.279 e. The molecule has 0 aromatic heterocycles. The second kappa shape index (κ2) is 17.0. The first kappa shape index (κ1) is 27.1. The van der Waals surface area contributed by atoms with Gasteiger partial charge < -0.3 is 0 Å². The smallest absolute Gasteiger partial charge is 0.129 e. The van der Waals surface area contributed by atoms with E-state index in [-0.39, 0.29) is 5.79 Å². The summed E-state index contributed by atoms with van der Waals surface area (Å²) in [5.41, 5.74) is 0. The highest BCUT2D eigenvalue weighted by atomic mass is 28.1. The first-order valence-corrected chi connectivity index (χ1v) is 13.3. The summed E-state index contributed by atoms with van der Waals surface area (Å²) in [6.45, 7) is 0. The molecule has 0 spiro atoms. The lowest BCUT2D eigenvalue weighted by atomic mass is 10.0. The zero-order chi connectivity index (χ0) is 20.5. The van der Waals surface area contributed by atoms with Crippen LogP contribution in [0.2, 0.25) is 6.04 Å². The van der Waals surface area contributed by atoms with Crippen LogP contribution in [0.1, 0.15) is 96.3 Å². The van der Waals surface area contributed by atoms with Gasteiger partial charge in [-0.15, -0.1) is 0 Å². The largest absolute Gasteiger partial charge is 0.279 e. The maximum Gasteiger partial charge on any atom is 0.129 e. The van der Waals surface area contributed by atoms with Crippen LogP contribution in [0.25, 0.3) is 0 Å². The maximum absolute atomic E-state index is 2.36. The number of rotatable bonds is 19. The highest BCUT2D eigenvalue weighted by Gasteiger charge is 2.36. The molecular weight excluding hydrogens is 346 g/mol. The number of unbranched alkanes of at least 4 members (excludes halogenated alkanes) is 13. The van der Waals surface area contributed by atoms with Crippen molar-refractivity contribution in [1.82, 2.24) is 14.7 Å². The van der Waals surface area contributed by atoms with E-state index in [1.165, 1.54) is 113 Å². The molecule has 0 aliphatic rings. The lowest BCUT2D eigenvalue weighted by Gasteiger charge is -2.50. The highest BCUT2D eigenvalue weighted by molar-refractivity contribution is 6.08. The fourth-order valence-electron chi connectivity index (χ4n) is 4.60. The van der Waals surface area contributed by atoms with Gasteiger partial charge in [0.2, 0.25) is 0 Å². The number of nitrogens with zero attached hydrogens (tertiary/aromatic N) is 3. The van der Waals surface area contributed by atoms with Gasteiger partial charge in [0.1, 0.15) is 5.79 Å². The number of hydrogen-bond donors (Lipinski definition) is 0. The quantitative estimate of drug-likeness (QED) is 0.173. The first-order chi connectivity index (χ1) is 12.9. The third-order valence-electron chi connectivity index (χ3n) is 6.26. The van der Waals surface area contributed by atoms with Crippen molar-refractivity contribution in [3.63, 3.8) is 0 Å². The summed E-state index contributed by atoms with van der Waals surface area (Å²) in [5, 5.41) is 0. The van der Waals surface area contributed by atoms with E-state index < -0.39 is 0 Å². The molecule has 0 rings (SSSR count). The van der Waals surface area contributed by atoms with Crippen LogP contribution in [0.15, 0.2) is 0 Å². The standard InChI is InChI=1S/C23H53N3Si/c1-24(2)23(25(3)4,26(5)6)21-19-17-15-13-11-9-7-8-10-12-14-16-18-20-22-27/h7-22H2,1-6,27H3. The maximum atomic E-state index is 2.36.